The molecule has 2 atom stereocenters. The Morgan fingerprint density at radius 1 is 1.20 bits per heavy atom. The van der Waals surface area contributed by atoms with Crippen LogP contribution in [0.15, 0.2) is 60.0 Å². The quantitative estimate of drug-likeness (QED) is 0.365. The summed E-state index contributed by atoms with van der Waals surface area (Å²) in [6.45, 7) is 6.95. The van der Waals surface area contributed by atoms with Crippen molar-refractivity contribution in [3.8, 4) is 5.75 Å². The molecular weight excluding hydrogens is 480 g/mol. The number of carbonyl (C=O) groups is 2. The molecule has 1 aliphatic heterocycles. The lowest BCUT2D eigenvalue weighted by Crippen LogP contribution is -2.49. The van der Waals surface area contributed by atoms with Gasteiger partial charge in [0.25, 0.3) is 5.91 Å². The maximum atomic E-state index is 13.7. The molecule has 0 aliphatic carbocycles. The molecule has 2 heterocycles. The van der Waals surface area contributed by atoms with E-state index in [0.29, 0.717) is 23.7 Å². The molecule has 0 unspecified atom stereocenters. The number of amides is 2. The summed E-state index contributed by atoms with van der Waals surface area (Å²) in [6, 6.07) is 16.6. The molecule has 7 heteroatoms. The molecule has 0 fully saturated rings. The average Bonchev–Trinajstić information content (AvgIpc) is 3.36. The van der Waals surface area contributed by atoms with Crippen LogP contribution in [-0.4, -0.2) is 47.4 Å². The summed E-state index contributed by atoms with van der Waals surface area (Å²) in [5, 5.41) is 2.77. The lowest BCUT2D eigenvalue weighted by atomic mass is 10.00. The standard InChI is InChI=1S/C28H31ClN2O3S/c1-4-20(3)31(28(33)21-8-6-5-7-9-21)17-27(32)30-14-12-26-23(13-15-35-26)25(30)18-34-22-10-11-24(29)19(2)16-22/h5-11,13,15-16,20,25H,4,12,14,17-18H2,1-3H3/t20-,25-/m0/s1. The first-order valence-corrected chi connectivity index (χ1v) is 13.3. The van der Waals surface area contributed by atoms with Crippen LogP contribution < -0.4 is 4.74 Å². The summed E-state index contributed by atoms with van der Waals surface area (Å²) >= 11 is 7.88. The Kier molecular flexibility index (Phi) is 8.14. The molecule has 0 radical (unpaired) electrons. The van der Waals surface area contributed by atoms with Crippen molar-refractivity contribution in [3.63, 3.8) is 0 Å². The van der Waals surface area contributed by atoms with Crippen LogP contribution in [0.25, 0.3) is 0 Å². The van der Waals surface area contributed by atoms with Crippen molar-refractivity contribution in [1.29, 1.82) is 0 Å². The van der Waals surface area contributed by atoms with Crippen molar-refractivity contribution in [3.05, 3.63) is 86.6 Å². The van der Waals surface area contributed by atoms with Crippen molar-refractivity contribution in [2.75, 3.05) is 19.7 Å². The first-order valence-electron chi connectivity index (χ1n) is 12.0. The number of ether oxygens (including phenoxy) is 1. The first kappa shape index (κ1) is 25.3. The molecule has 2 aromatic carbocycles. The van der Waals surface area contributed by atoms with Gasteiger partial charge in [-0.2, -0.15) is 0 Å². The van der Waals surface area contributed by atoms with Crippen molar-refractivity contribution < 1.29 is 14.3 Å². The fraction of sp³-hybridized carbons (Fsp3) is 0.357. The first-order chi connectivity index (χ1) is 16.9. The molecule has 184 valence electrons. The van der Waals surface area contributed by atoms with Crippen molar-refractivity contribution in [1.82, 2.24) is 9.80 Å². The summed E-state index contributed by atoms with van der Waals surface area (Å²) in [6.07, 6.45) is 1.58. The van der Waals surface area contributed by atoms with Crippen LogP contribution in [-0.2, 0) is 11.2 Å². The fourth-order valence-electron chi connectivity index (χ4n) is 4.39. The zero-order chi connectivity index (χ0) is 24.9. The van der Waals surface area contributed by atoms with E-state index in [-0.39, 0.29) is 30.4 Å². The highest BCUT2D eigenvalue weighted by Crippen LogP contribution is 2.34. The van der Waals surface area contributed by atoms with E-state index in [4.69, 9.17) is 16.3 Å². The second-order valence-corrected chi connectivity index (χ2v) is 10.3. The minimum Gasteiger partial charge on any atom is -0.491 e. The number of aryl methyl sites for hydroxylation is 1. The monoisotopic (exact) mass is 510 g/mol. The Labute approximate surface area is 216 Å². The molecule has 1 aliphatic rings. The van der Waals surface area contributed by atoms with Gasteiger partial charge >= 0.3 is 0 Å². The zero-order valence-corrected chi connectivity index (χ0v) is 21.9. The van der Waals surface area contributed by atoms with Gasteiger partial charge in [0.05, 0.1) is 6.04 Å². The summed E-state index contributed by atoms with van der Waals surface area (Å²) in [7, 11) is 0. The Bertz CT molecular complexity index is 1180. The summed E-state index contributed by atoms with van der Waals surface area (Å²) < 4.78 is 6.15. The topological polar surface area (TPSA) is 49.9 Å². The van der Waals surface area contributed by atoms with E-state index in [1.54, 1.807) is 28.4 Å². The Morgan fingerprint density at radius 2 is 1.97 bits per heavy atom. The normalized spacial score (nSPS) is 15.9. The number of hydrogen-bond donors (Lipinski definition) is 0. The van der Waals surface area contributed by atoms with Gasteiger partial charge in [-0.1, -0.05) is 36.7 Å². The van der Waals surface area contributed by atoms with Gasteiger partial charge in [0.1, 0.15) is 18.9 Å². The van der Waals surface area contributed by atoms with Crippen LogP contribution >= 0.6 is 22.9 Å². The predicted molar refractivity (Wildman–Crippen MR) is 141 cm³/mol. The number of hydrogen-bond acceptors (Lipinski definition) is 4. The number of rotatable bonds is 8. The second kappa shape index (κ2) is 11.3. The zero-order valence-electron chi connectivity index (χ0n) is 20.4. The number of benzene rings is 2. The molecule has 0 saturated heterocycles. The number of thiophene rings is 1. The van der Waals surface area contributed by atoms with E-state index in [1.807, 2.05) is 62.1 Å². The molecule has 2 amide bonds. The van der Waals surface area contributed by atoms with Gasteiger partial charge in [0.15, 0.2) is 0 Å². The van der Waals surface area contributed by atoms with E-state index in [1.165, 1.54) is 4.88 Å². The third-order valence-electron chi connectivity index (χ3n) is 6.66. The van der Waals surface area contributed by atoms with Crippen molar-refractivity contribution >= 4 is 34.8 Å². The van der Waals surface area contributed by atoms with Crippen LogP contribution in [0.1, 0.15) is 52.7 Å². The third-order valence-corrected chi connectivity index (χ3v) is 8.08. The van der Waals surface area contributed by atoms with Crippen LogP contribution in [0.4, 0.5) is 0 Å². The maximum Gasteiger partial charge on any atom is 0.254 e. The van der Waals surface area contributed by atoms with E-state index < -0.39 is 0 Å². The largest absolute Gasteiger partial charge is 0.491 e. The van der Waals surface area contributed by atoms with Crippen LogP contribution in [0.5, 0.6) is 5.75 Å². The summed E-state index contributed by atoms with van der Waals surface area (Å²) in [4.78, 5) is 31.8. The van der Waals surface area contributed by atoms with Crippen molar-refractivity contribution in [2.24, 2.45) is 0 Å². The molecule has 4 rings (SSSR count). The maximum absolute atomic E-state index is 13.7. The molecule has 35 heavy (non-hydrogen) atoms. The number of carbonyl (C=O) groups excluding carboxylic acids is 2. The molecule has 0 bridgehead atoms. The lowest BCUT2D eigenvalue weighted by molar-refractivity contribution is -0.136. The van der Waals surface area contributed by atoms with Gasteiger partial charge in [0, 0.05) is 28.0 Å². The van der Waals surface area contributed by atoms with Crippen molar-refractivity contribution in [2.45, 2.75) is 45.7 Å². The minimum absolute atomic E-state index is 0.0404. The molecule has 0 spiro atoms. The number of nitrogens with zero attached hydrogens (tertiary/aromatic N) is 2. The molecule has 5 nitrogen and oxygen atoms in total. The van der Waals surface area contributed by atoms with E-state index in [0.717, 1.165) is 29.7 Å². The van der Waals surface area contributed by atoms with Gasteiger partial charge in [0.2, 0.25) is 5.91 Å². The van der Waals surface area contributed by atoms with Gasteiger partial charge in [-0.3, -0.25) is 9.59 Å². The number of halogens is 1. The Hall–Kier alpha value is -2.83. The van der Waals surface area contributed by atoms with Gasteiger partial charge < -0.3 is 14.5 Å². The Balaban J connectivity index is 1.55. The molecule has 0 N–H and O–H groups in total. The Morgan fingerprint density at radius 3 is 2.69 bits per heavy atom. The van der Waals surface area contributed by atoms with E-state index in [9.17, 15) is 9.59 Å². The minimum atomic E-state index is -0.209. The second-order valence-electron chi connectivity index (χ2n) is 8.93. The van der Waals surface area contributed by atoms with Crippen LogP contribution in [0.3, 0.4) is 0 Å². The van der Waals surface area contributed by atoms with E-state index >= 15 is 0 Å². The van der Waals surface area contributed by atoms with Gasteiger partial charge in [-0.25, -0.2) is 0 Å². The molecule has 0 saturated carbocycles. The molecule has 3 aromatic rings. The van der Waals surface area contributed by atoms with Crippen LogP contribution in [0.2, 0.25) is 5.02 Å². The summed E-state index contributed by atoms with van der Waals surface area (Å²) in [5.74, 6) is 0.542. The number of fused-ring (bicyclic) bond motifs is 1. The smallest absolute Gasteiger partial charge is 0.254 e. The molecular formula is C28H31ClN2O3S. The van der Waals surface area contributed by atoms with Crippen LogP contribution in [0, 0.1) is 6.92 Å². The molecule has 1 aromatic heterocycles. The van der Waals surface area contributed by atoms with Gasteiger partial charge in [-0.05, 0) is 79.6 Å². The van der Waals surface area contributed by atoms with Gasteiger partial charge in [-0.15, -0.1) is 11.3 Å². The average molecular weight is 511 g/mol. The third kappa shape index (κ3) is 5.71. The fourth-order valence-corrected chi connectivity index (χ4v) is 5.43. The highest BCUT2D eigenvalue weighted by Gasteiger charge is 2.34. The highest BCUT2D eigenvalue weighted by atomic mass is 35.5. The summed E-state index contributed by atoms with van der Waals surface area (Å²) in [5.41, 5.74) is 2.67. The lowest BCUT2D eigenvalue weighted by Gasteiger charge is -2.38. The van der Waals surface area contributed by atoms with E-state index in [2.05, 4.69) is 11.4 Å². The predicted octanol–water partition coefficient (Wildman–Crippen LogP) is 6.16. The highest BCUT2D eigenvalue weighted by molar-refractivity contribution is 7.10. The SMILES string of the molecule is CC[C@H](C)N(CC(=O)N1CCc2sccc2[C@@H]1COc1ccc(Cl)c(C)c1)C(=O)c1ccccc1.